The number of fused-ring (bicyclic) bond motifs is 1. The molecule has 0 spiro atoms. The van der Waals surface area contributed by atoms with Gasteiger partial charge in [-0.25, -0.2) is 14.8 Å². The first-order valence-electron chi connectivity index (χ1n) is 9.42. The number of benzene rings is 1. The van der Waals surface area contributed by atoms with E-state index in [-0.39, 0.29) is 6.61 Å². The molecule has 4 rings (SSSR count). The Labute approximate surface area is 187 Å². The molecule has 0 radical (unpaired) electrons. The van der Waals surface area contributed by atoms with Gasteiger partial charge in [-0.15, -0.1) is 22.7 Å². The van der Waals surface area contributed by atoms with Crippen LogP contribution in [0.3, 0.4) is 0 Å². The van der Waals surface area contributed by atoms with Gasteiger partial charge in [0.1, 0.15) is 21.3 Å². The van der Waals surface area contributed by atoms with Gasteiger partial charge in [-0.2, -0.15) is 0 Å². The van der Waals surface area contributed by atoms with Gasteiger partial charge in [-0.3, -0.25) is 0 Å². The van der Waals surface area contributed by atoms with Crippen LogP contribution in [0.25, 0.3) is 20.8 Å². The lowest BCUT2D eigenvalue weighted by Crippen LogP contribution is -2.06. The molecule has 3 heterocycles. The molecule has 4 aromatic rings. The van der Waals surface area contributed by atoms with Crippen LogP contribution in [0, 0.1) is 13.8 Å². The summed E-state index contributed by atoms with van der Waals surface area (Å²) in [7, 11) is 3.18. The lowest BCUT2D eigenvalue weighted by atomic mass is 10.1. The highest BCUT2D eigenvalue weighted by Crippen LogP contribution is 2.39. The minimum atomic E-state index is -0.480. The number of thiazole rings is 1. The van der Waals surface area contributed by atoms with Crippen LogP contribution in [0.1, 0.15) is 26.6 Å². The fourth-order valence-electron chi connectivity index (χ4n) is 3.38. The molecule has 0 saturated carbocycles. The molecular formula is C22H21N3O4S2. The number of hydrogen-bond acceptors (Lipinski definition) is 9. The maximum Gasteiger partial charge on any atom is 0.350 e. The summed E-state index contributed by atoms with van der Waals surface area (Å²) in [5, 5.41) is 3.41. The lowest BCUT2D eigenvalue weighted by Gasteiger charge is -2.10. The van der Waals surface area contributed by atoms with Crippen molar-refractivity contribution < 1.29 is 19.0 Å². The number of methoxy groups -OCH3 is 2. The highest BCUT2D eigenvalue weighted by molar-refractivity contribution is 7.21. The smallest absolute Gasteiger partial charge is 0.350 e. The highest BCUT2D eigenvalue weighted by atomic mass is 32.1. The average molecular weight is 456 g/mol. The second-order valence-electron chi connectivity index (χ2n) is 6.87. The highest BCUT2D eigenvalue weighted by Gasteiger charge is 2.21. The predicted molar refractivity (Wildman–Crippen MR) is 123 cm³/mol. The first-order valence-corrected chi connectivity index (χ1v) is 11.1. The van der Waals surface area contributed by atoms with Crippen molar-refractivity contribution in [3.05, 3.63) is 51.5 Å². The fraction of sp³-hybridized carbons (Fsp3) is 0.227. The minimum absolute atomic E-state index is 0.0424. The minimum Gasteiger partial charge on any atom is -0.493 e. The van der Waals surface area contributed by atoms with Crippen LogP contribution in [-0.2, 0) is 11.3 Å². The Morgan fingerprint density at radius 3 is 2.71 bits per heavy atom. The Hall–Kier alpha value is -3.17. The molecule has 0 unspecified atom stereocenters. The van der Waals surface area contributed by atoms with Crippen LogP contribution < -0.4 is 15.2 Å². The van der Waals surface area contributed by atoms with E-state index in [0.29, 0.717) is 27.8 Å². The second-order valence-corrected chi connectivity index (χ2v) is 8.72. The molecule has 2 N–H and O–H groups in total. The molecule has 0 amide bonds. The predicted octanol–water partition coefficient (Wildman–Crippen LogP) is 4.99. The van der Waals surface area contributed by atoms with Crippen LogP contribution in [0.4, 0.5) is 5.69 Å². The number of nitrogen functional groups attached to an aromatic ring is 1. The number of carbonyl (C=O) groups is 1. The number of carbonyl (C=O) groups excluding carboxylic acids is 1. The number of nitrogens with zero attached hydrogens (tertiary/aromatic N) is 2. The number of aromatic nitrogens is 2. The number of anilines is 1. The summed E-state index contributed by atoms with van der Waals surface area (Å²) in [4.78, 5) is 22.9. The van der Waals surface area contributed by atoms with Crippen molar-refractivity contribution in [1.82, 2.24) is 9.97 Å². The van der Waals surface area contributed by atoms with Gasteiger partial charge in [0, 0.05) is 16.5 Å². The third kappa shape index (κ3) is 3.94. The molecule has 1 aromatic carbocycles. The van der Waals surface area contributed by atoms with Gasteiger partial charge in [0.05, 0.1) is 31.2 Å². The Morgan fingerprint density at radius 1 is 1.16 bits per heavy atom. The first-order chi connectivity index (χ1) is 14.9. The average Bonchev–Trinajstić information content (AvgIpc) is 3.35. The summed E-state index contributed by atoms with van der Waals surface area (Å²) in [6.07, 6.45) is 0. The Bertz CT molecular complexity index is 1280. The van der Waals surface area contributed by atoms with Gasteiger partial charge in [0.25, 0.3) is 0 Å². The molecule has 160 valence electrons. The zero-order valence-corrected chi connectivity index (χ0v) is 19.1. The summed E-state index contributed by atoms with van der Waals surface area (Å²) in [6, 6.07) is 7.56. The standard InChI is InChI=1S/C22H21N3O4S2/c1-11-8-12(2)24-21-16(11)17(23)19(31-21)22(26)29-9-13-10-30-20(25-13)14-6-5-7-15(27-3)18(14)28-4/h5-8,10H,9,23H2,1-4H3. The van der Waals surface area contributed by atoms with E-state index >= 15 is 0 Å². The van der Waals surface area contributed by atoms with Crippen molar-refractivity contribution >= 4 is 44.5 Å². The van der Waals surface area contributed by atoms with E-state index in [2.05, 4.69) is 9.97 Å². The molecule has 0 saturated heterocycles. The van der Waals surface area contributed by atoms with Gasteiger partial charge < -0.3 is 19.9 Å². The van der Waals surface area contributed by atoms with Gasteiger partial charge in [0.15, 0.2) is 11.5 Å². The van der Waals surface area contributed by atoms with E-state index in [4.69, 9.17) is 19.9 Å². The molecule has 0 atom stereocenters. The van der Waals surface area contributed by atoms with Crippen LogP contribution in [-0.4, -0.2) is 30.2 Å². The van der Waals surface area contributed by atoms with Crippen molar-refractivity contribution in [2.24, 2.45) is 0 Å². The maximum atomic E-state index is 12.7. The van der Waals surface area contributed by atoms with Gasteiger partial charge in [-0.1, -0.05) is 6.07 Å². The van der Waals surface area contributed by atoms with Crippen LogP contribution >= 0.6 is 22.7 Å². The number of ether oxygens (including phenoxy) is 3. The van der Waals surface area contributed by atoms with Gasteiger partial charge >= 0.3 is 5.97 Å². The number of nitrogens with two attached hydrogens (primary N) is 1. The number of esters is 1. The van der Waals surface area contributed by atoms with E-state index in [9.17, 15) is 4.79 Å². The van der Waals surface area contributed by atoms with Crippen LogP contribution in [0.15, 0.2) is 29.6 Å². The molecule has 3 aromatic heterocycles. The molecule has 0 aliphatic carbocycles. The third-order valence-electron chi connectivity index (χ3n) is 4.75. The van der Waals surface area contributed by atoms with Crippen molar-refractivity contribution in [2.45, 2.75) is 20.5 Å². The topological polar surface area (TPSA) is 96.6 Å². The zero-order valence-electron chi connectivity index (χ0n) is 17.5. The lowest BCUT2D eigenvalue weighted by molar-refractivity contribution is 0.0475. The van der Waals surface area contributed by atoms with Crippen molar-refractivity contribution in [1.29, 1.82) is 0 Å². The molecule has 9 heteroatoms. The fourth-order valence-corrected chi connectivity index (χ4v) is 5.31. The quantitative estimate of drug-likeness (QED) is 0.409. The van der Waals surface area contributed by atoms with Crippen molar-refractivity contribution in [3.8, 4) is 22.1 Å². The van der Waals surface area contributed by atoms with Crippen molar-refractivity contribution in [2.75, 3.05) is 20.0 Å². The van der Waals surface area contributed by atoms with E-state index in [1.54, 1.807) is 14.2 Å². The zero-order chi connectivity index (χ0) is 22.1. The Kier molecular flexibility index (Phi) is 5.79. The SMILES string of the molecule is COc1cccc(-c2nc(COC(=O)c3sc4nc(C)cc(C)c4c3N)cs2)c1OC. The van der Waals surface area contributed by atoms with Crippen LogP contribution in [0.5, 0.6) is 11.5 Å². The molecular weight excluding hydrogens is 434 g/mol. The van der Waals surface area contributed by atoms with Gasteiger partial charge in [0.2, 0.25) is 0 Å². The molecule has 0 aliphatic heterocycles. The van der Waals surface area contributed by atoms with E-state index in [1.807, 2.05) is 43.5 Å². The monoisotopic (exact) mass is 455 g/mol. The number of pyridine rings is 1. The molecule has 0 aliphatic rings. The Balaban J connectivity index is 1.53. The summed E-state index contributed by atoms with van der Waals surface area (Å²) in [5.74, 6) is 0.757. The normalized spacial score (nSPS) is 11.0. The number of aryl methyl sites for hydroxylation is 2. The largest absolute Gasteiger partial charge is 0.493 e. The third-order valence-corrected chi connectivity index (χ3v) is 6.75. The van der Waals surface area contributed by atoms with Crippen LogP contribution in [0.2, 0.25) is 0 Å². The summed E-state index contributed by atoms with van der Waals surface area (Å²) in [5.41, 5.74) is 9.97. The van der Waals surface area contributed by atoms with Gasteiger partial charge in [-0.05, 0) is 37.6 Å². The summed E-state index contributed by atoms with van der Waals surface area (Å²) in [6.45, 7) is 3.91. The number of para-hydroxylation sites is 1. The van der Waals surface area contributed by atoms with E-state index in [1.165, 1.54) is 22.7 Å². The van der Waals surface area contributed by atoms with E-state index < -0.39 is 5.97 Å². The van der Waals surface area contributed by atoms with Crippen molar-refractivity contribution in [3.63, 3.8) is 0 Å². The summed E-state index contributed by atoms with van der Waals surface area (Å²) >= 11 is 2.69. The molecule has 0 fully saturated rings. The summed E-state index contributed by atoms with van der Waals surface area (Å²) < 4.78 is 16.3. The second kappa shape index (κ2) is 8.52. The van der Waals surface area contributed by atoms with E-state index in [0.717, 1.165) is 32.0 Å². The molecule has 7 nitrogen and oxygen atoms in total. The number of hydrogen-bond donors (Lipinski definition) is 1. The Morgan fingerprint density at radius 2 is 1.97 bits per heavy atom. The number of thiophene rings is 1. The first kappa shape index (κ1) is 21.1. The molecule has 31 heavy (non-hydrogen) atoms. The molecule has 0 bridgehead atoms. The number of rotatable bonds is 6. The maximum absolute atomic E-state index is 12.7.